The molecule has 18 heavy (non-hydrogen) atoms. The van der Waals surface area contributed by atoms with Gasteiger partial charge in [0.25, 0.3) is 0 Å². The van der Waals surface area contributed by atoms with Crippen molar-refractivity contribution in [2.45, 2.75) is 18.9 Å². The highest BCUT2D eigenvalue weighted by atomic mass is 79.9. The summed E-state index contributed by atoms with van der Waals surface area (Å²) in [5.41, 5.74) is 5.30. The Morgan fingerprint density at radius 1 is 1.61 bits per heavy atom. The van der Waals surface area contributed by atoms with E-state index in [1.165, 1.54) is 7.11 Å². The fourth-order valence-electron chi connectivity index (χ4n) is 1.63. The molecule has 0 aliphatic heterocycles. The first-order chi connectivity index (χ1) is 8.45. The number of amides is 1. The molecule has 0 heterocycles. The molecular weight excluding hydrogens is 320 g/mol. The van der Waals surface area contributed by atoms with Crippen molar-refractivity contribution in [1.82, 2.24) is 0 Å². The average molecular weight is 336 g/mol. The second kappa shape index (κ2) is 6.41. The molecule has 100 valence electrons. The number of methoxy groups -OCH3 is 1. The van der Waals surface area contributed by atoms with E-state index in [9.17, 15) is 4.79 Å². The maximum Gasteiger partial charge on any atom is 0.245 e. The number of hydrogen-bond acceptors (Lipinski definition) is 3. The summed E-state index contributed by atoms with van der Waals surface area (Å²) in [6.07, 6.45) is 0.524. The van der Waals surface area contributed by atoms with Gasteiger partial charge in [0.2, 0.25) is 5.91 Å². The molecule has 0 aliphatic rings. The van der Waals surface area contributed by atoms with Gasteiger partial charge in [-0.3, -0.25) is 4.79 Å². The summed E-state index contributed by atoms with van der Waals surface area (Å²) in [6.45, 7) is 2.08. The van der Waals surface area contributed by atoms with Crippen LogP contribution in [0.1, 0.15) is 13.3 Å². The van der Waals surface area contributed by atoms with E-state index in [-0.39, 0.29) is 6.61 Å². The molecule has 1 atom stereocenters. The van der Waals surface area contributed by atoms with E-state index in [1.807, 2.05) is 6.92 Å². The van der Waals surface area contributed by atoms with Gasteiger partial charge in [-0.05, 0) is 40.5 Å². The van der Waals surface area contributed by atoms with Gasteiger partial charge in [-0.1, -0.05) is 18.5 Å². The average Bonchev–Trinajstić information content (AvgIpc) is 2.33. The van der Waals surface area contributed by atoms with Crippen LogP contribution in [-0.2, 0) is 9.53 Å². The number of benzene rings is 1. The minimum absolute atomic E-state index is 0.207. The van der Waals surface area contributed by atoms with Gasteiger partial charge in [0.1, 0.15) is 5.54 Å². The van der Waals surface area contributed by atoms with Crippen LogP contribution in [0.3, 0.4) is 0 Å². The lowest BCUT2D eigenvalue weighted by Gasteiger charge is -2.31. The molecule has 0 saturated carbocycles. The Kier molecular flexibility index (Phi) is 5.44. The van der Waals surface area contributed by atoms with E-state index in [1.54, 1.807) is 18.2 Å². The van der Waals surface area contributed by atoms with Crippen molar-refractivity contribution in [3.05, 3.63) is 27.7 Å². The van der Waals surface area contributed by atoms with E-state index in [2.05, 4.69) is 21.2 Å². The van der Waals surface area contributed by atoms with Crippen molar-refractivity contribution >= 4 is 39.1 Å². The van der Waals surface area contributed by atoms with E-state index < -0.39 is 11.4 Å². The van der Waals surface area contributed by atoms with E-state index >= 15 is 0 Å². The number of carbonyl (C=O) groups excluding carboxylic acids is 1. The Hall–Kier alpha value is -0.780. The Balaban J connectivity index is 3.02. The van der Waals surface area contributed by atoms with Gasteiger partial charge in [0, 0.05) is 17.3 Å². The highest BCUT2D eigenvalue weighted by Gasteiger charge is 2.34. The monoisotopic (exact) mass is 334 g/mol. The van der Waals surface area contributed by atoms with Crippen LogP contribution in [0.4, 0.5) is 5.69 Å². The predicted octanol–water partition coefficient (Wildman–Crippen LogP) is 2.79. The third-order valence-electron chi connectivity index (χ3n) is 2.77. The maximum atomic E-state index is 11.6. The first kappa shape index (κ1) is 15.3. The van der Waals surface area contributed by atoms with Crippen molar-refractivity contribution in [1.29, 1.82) is 0 Å². The van der Waals surface area contributed by atoms with Crippen LogP contribution in [0.2, 0.25) is 5.02 Å². The number of primary amides is 1. The van der Waals surface area contributed by atoms with Gasteiger partial charge < -0.3 is 15.8 Å². The Morgan fingerprint density at radius 3 is 2.72 bits per heavy atom. The van der Waals surface area contributed by atoms with Crippen LogP contribution in [0.15, 0.2) is 22.7 Å². The number of nitrogens with one attached hydrogen (secondary N) is 1. The number of ether oxygens (including phenoxy) is 1. The summed E-state index contributed by atoms with van der Waals surface area (Å²) < 4.78 is 5.84. The molecule has 1 rings (SSSR count). The largest absolute Gasteiger partial charge is 0.382 e. The van der Waals surface area contributed by atoms with Gasteiger partial charge in [-0.15, -0.1) is 0 Å². The minimum Gasteiger partial charge on any atom is -0.382 e. The van der Waals surface area contributed by atoms with Gasteiger partial charge in [-0.2, -0.15) is 0 Å². The minimum atomic E-state index is -0.915. The second-order valence-corrected chi connectivity index (χ2v) is 5.25. The molecule has 1 unspecified atom stereocenters. The quantitative estimate of drug-likeness (QED) is 0.840. The molecule has 1 aromatic carbocycles. The van der Waals surface area contributed by atoms with Gasteiger partial charge >= 0.3 is 0 Å². The summed E-state index contributed by atoms with van der Waals surface area (Å²) in [5.74, 6) is -0.446. The molecule has 0 fully saturated rings. The normalized spacial score (nSPS) is 14.0. The second-order valence-electron chi connectivity index (χ2n) is 3.99. The molecule has 0 aromatic heterocycles. The van der Waals surface area contributed by atoms with Crippen molar-refractivity contribution < 1.29 is 9.53 Å². The van der Waals surface area contributed by atoms with Gasteiger partial charge in [0.05, 0.1) is 11.6 Å². The number of anilines is 1. The van der Waals surface area contributed by atoms with Gasteiger partial charge in [-0.25, -0.2) is 0 Å². The molecule has 3 N–H and O–H groups in total. The summed E-state index contributed by atoms with van der Waals surface area (Å²) in [6, 6.07) is 5.32. The summed E-state index contributed by atoms with van der Waals surface area (Å²) in [5, 5.41) is 3.73. The van der Waals surface area contributed by atoms with E-state index in [0.29, 0.717) is 11.4 Å². The molecule has 4 nitrogen and oxygen atoms in total. The molecule has 0 radical (unpaired) electrons. The topological polar surface area (TPSA) is 64.3 Å². The van der Waals surface area contributed by atoms with Crippen LogP contribution in [0, 0.1) is 0 Å². The van der Waals surface area contributed by atoms with Crippen molar-refractivity contribution in [2.75, 3.05) is 19.0 Å². The molecule has 0 aliphatic carbocycles. The van der Waals surface area contributed by atoms with Crippen LogP contribution in [0.25, 0.3) is 0 Å². The number of carbonyl (C=O) groups is 1. The SMILES string of the molecule is CCC(COC)(Nc1ccc(Cl)c(Br)c1)C(N)=O. The van der Waals surface area contributed by atoms with Crippen LogP contribution in [-0.4, -0.2) is 25.2 Å². The highest BCUT2D eigenvalue weighted by molar-refractivity contribution is 9.10. The fourth-order valence-corrected chi connectivity index (χ4v) is 2.13. The number of hydrogen-bond donors (Lipinski definition) is 2. The lowest BCUT2D eigenvalue weighted by molar-refractivity contribution is -0.124. The molecule has 0 saturated heterocycles. The lowest BCUT2D eigenvalue weighted by Crippen LogP contribution is -2.53. The third kappa shape index (κ3) is 3.37. The standard InChI is InChI=1S/C12H16BrClN2O2/c1-3-12(7-18-2,11(15)17)16-8-4-5-10(14)9(13)6-8/h4-6,16H,3,7H2,1-2H3,(H2,15,17). The van der Waals surface area contributed by atoms with Crippen LogP contribution in [0.5, 0.6) is 0 Å². The third-order valence-corrected chi connectivity index (χ3v) is 3.98. The smallest absolute Gasteiger partial charge is 0.245 e. The highest BCUT2D eigenvalue weighted by Crippen LogP contribution is 2.28. The van der Waals surface area contributed by atoms with Crippen LogP contribution < -0.4 is 11.1 Å². The molecule has 0 spiro atoms. The zero-order valence-electron chi connectivity index (χ0n) is 10.3. The zero-order chi connectivity index (χ0) is 13.8. The van der Waals surface area contributed by atoms with Crippen molar-refractivity contribution in [3.8, 4) is 0 Å². The maximum absolute atomic E-state index is 11.6. The van der Waals surface area contributed by atoms with Crippen LogP contribution >= 0.6 is 27.5 Å². The van der Waals surface area contributed by atoms with Crippen molar-refractivity contribution in [2.24, 2.45) is 5.73 Å². The Bertz CT molecular complexity index is 442. The number of nitrogens with two attached hydrogens (primary N) is 1. The Morgan fingerprint density at radius 2 is 2.28 bits per heavy atom. The first-order valence-electron chi connectivity index (χ1n) is 5.47. The Labute approximate surface area is 120 Å². The van der Waals surface area contributed by atoms with Gasteiger partial charge in [0.15, 0.2) is 0 Å². The van der Waals surface area contributed by atoms with Crippen molar-refractivity contribution in [3.63, 3.8) is 0 Å². The lowest BCUT2D eigenvalue weighted by atomic mass is 9.95. The zero-order valence-corrected chi connectivity index (χ0v) is 12.6. The summed E-state index contributed by atoms with van der Waals surface area (Å²) >= 11 is 9.25. The summed E-state index contributed by atoms with van der Waals surface area (Å²) in [7, 11) is 1.53. The molecule has 1 aromatic rings. The van der Waals surface area contributed by atoms with E-state index in [4.69, 9.17) is 22.1 Å². The number of rotatable bonds is 6. The first-order valence-corrected chi connectivity index (χ1v) is 6.64. The molecular formula is C12H16BrClN2O2. The van der Waals surface area contributed by atoms with E-state index in [0.717, 1.165) is 10.2 Å². The number of halogens is 2. The fraction of sp³-hybridized carbons (Fsp3) is 0.417. The predicted molar refractivity (Wildman–Crippen MR) is 76.9 cm³/mol. The molecule has 6 heteroatoms. The molecule has 1 amide bonds. The summed E-state index contributed by atoms with van der Waals surface area (Å²) in [4.78, 5) is 11.6. The molecule has 0 bridgehead atoms.